The maximum absolute atomic E-state index is 6.49. The van der Waals surface area contributed by atoms with Gasteiger partial charge < -0.3 is 30.3 Å². The number of para-hydroxylation sites is 1. The van der Waals surface area contributed by atoms with Gasteiger partial charge in [0.1, 0.15) is 23.4 Å². The van der Waals surface area contributed by atoms with E-state index in [1.54, 1.807) is 0 Å². The highest BCUT2D eigenvalue weighted by molar-refractivity contribution is 6.04. The van der Waals surface area contributed by atoms with Crippen LogP contribution in [0.5, 0.6) is 11.5 Å². The molecule has 2 aliphatic rings. The number of benzene rings is 3. The number of fused-ring (bicyclic) bond motifs is 1. The average molecular weight is 485 g/mol. The normalized spacial score (nSPS) is 20.9. The second-order valence-electron chi connectivity index (χ2n) is 9.29. The second-order valence-corrected chi connectivity index (χ2v) is 9.29. The lowest BCUT2D eigenvalue weighted by molar-refractivity contribution is 0.214. The highest BCUT2D eigenvalue weighted by atomic mass is 16.5. The van der Waals surface area contributed by atoms with Crippen LogP contribution in [0.4, 0.5) is 17.1 Å². The van der Waals surface area contributed by atoms with Crippen LogP contribution >= 0.6 is 0 Å². The Morgan fingerprint density at radius 3 is 2.53 bits per heavy atom. The molecule has 2 fully saturated rings. The number of nitrogens with one attached hydrogen (secondary N) is 1. The van der Waals surface area contributed by atoms with Crippen molar-refractivity contribution in [1.29, 1.82) is 0 Å². The number of likely N-dealkylation sites (N-methyl/N-ethyl adjacent to an activating group) is 2. The van der Waals surface area contributed by atoms with Crippen LogP contribution in [0.25, 0.3) is 0 Å². The van der Waals surface area contributed by atoms with Crippen LogP contribution in [-0.2, 0) is 4.74 Å². The number of likely N-dealkylation sites (tertiary alicyclic amines) is 1. The van der Waals surface area contributed by atoms with Crippen LogP contribution in [0, 0.1) is 6.92 Å². The molecule has 8 heteroatoms. The maximum atomic E-state index is 6.49. The van der Waals surface area contributed by atoms with Crippen molar-refractivity contribution in [2.24, 2.45) is 15.7 Å². The average Bonchev–Trinajstić information content (AvgIpc) is 3.37. The quantitative estimate of drug-likeness (QED) is 0.396. The van der Waals surface area contributed by atoms with Gasteiger partial charge in [0.15, 0.2) is 0 Å². The molecule has 2 unspecified atom stereocenters. The number of amidine groups is 2. The molecule has 2 saturated heterocycles. The Bertz CT molecular complexity index is 1310. The lowest BCUT2D eigenvalue weighted by atomic mass is 10.1. The predicted molar refractivity (Wildman–Crippen MR) is 145 cm³/mol. The highest BCUT2D eigenvalue weighted by Gasteiger charge is 2.43. The van der Waals surface area contributed by atoms with Gasteiger partial charge in [-0.25, -0.2) is 4.99 Å². The maximum Gasteiger partial charge on any atom is 0.293 e. The first-order valence-electron chi connectivity index (χ1n) is 12.1. The van der Waals surface area contributed by atoms with Gasteiger partial charge in [-0.3, -0.25) is 0 Å². The Morgan fingerprint density at radius 2 is 1.81 bits per heavy atom. The molecular formula is C28H32N6O2. The van der Waals surface area contributed by atoms with E-state index in [1.807, 2.05) is 87.7 Å². The third-order valence-electron chi connectivity index (χ3n) is 6.63. The van der Waals surface area contributed by atoms with E-state index < -0.39 is 0 Å². The van der Waals surface area contributed by atoms with E-state index in [9.17, 15) is 0 Å². The molecule has 0 radical (unpaired) electrons. The van der Waals surface area contributed by atoms with Gasteiger partial charge in [0.2, 0.25) is 0 Å². The zero-order chi connectivity index (χ0) is 25.2. The predicted octanol–water partition coefficient (Wildman–Crippen LogP) is 4.50. The van der Waals surface area contributed by atoms with Gasteiger partial charge in [-0.1, -0.05) is 18.2 Å². The Kier molecular flexibility index (Phi) is 6.52. The van der Waals surface area contributed by atoms with Gasteiger partial charge in [-0.2, -0.15) is 4.99 Å². The first-order valence-corrected chi connectivity index (χ1v) is 12.1. The molecular weight excluding hydrogens is 452 g/mol. The highest BCUT2D eigenvalue weighted by Crippen LogP contribution is 2.31. The topological polar surface area (TPSA) is 87.7 Å². The molecule has 186 valence electrons. The first-order chi connectivity index (χ1) is 17.4. The van der Waals surface area contributed by atoms with E-state index in [1.165, 1.54) is 0 Å². The summed E-state index contributed by atoms with van der Waals surface area (Å²) in [6, 6.07) is 22.3. The van der Waals surface area contributed by atoms with Crippen LogP contribution in [-0.4, -0.2) is 68.0 Å². The lowest BCUT2D eigenvalue weighted by Gasteiger charge is -2.18. The summed E-state index contributed by atoms with van der Waals surface area (Å²) in [5.41, 5.74) is 10.6. The van der Waals surface area contributed by atoms with Crippen molar-refractivity contribution in [3.63, 3.8) is 0 Å². The number of hydrogen-bond acceptors (Lipinski definition) is 6. The molecule has 2 heterocycles. The number of aryl methyl sites for hydroxylation is 1. The minimum atomic E-state index is 0.151. The molecule has 2 aliphatic heterocycles. The fraction of sp³-hybridized carbons (Fsp3) is 0.286. The summed E-state index contributed by atoms with van der Waals surface area (Å²) in [6.07, 6.45) is 0.151. The molecule has 0 aliphatic carbocycles. The molecule has 36 heavy (non-hydrogen) atoms. The molecule has 3 aromatic carbocycles. The van der Waals surface area contributed by atoms with E-state index in [4.69, 9.17) is 25.2 Å². The van der Waals surface area contributed by atoms with Gasteiger partial charge in [0.25, 0.3) is 6.02 Å². The van der Waals surface area contributed by atoms with Gasteiger partial charge in [-0.05, 0) is 68.1 Å². The Morgan fingerprint density at radius 1 is 1.03 bits per heavy atom. The standard InChI is InChI=1S/C28H32N6O2/c1-18-14-19(11-13-25(18)35-21-8-6-5-7-9-21)31-27(29)22-15-20(10-12-23(22)30-2)32-28-34(4)24-16-33(3)17-26(24)36-28/h5-15,24,26,30H,16-17H2,1-4H3,(H2,29,31). The largest absolute Gasteiger partial charge is 0.458 e. The van der Waals surface area contributed by atoms with Gasteiger partial charge in [0.05, 0.1) is 17.4 Å². The SMILES string of the molecule is CNc1ccc(N=C2OC3CN(C)CC3N2C)cc1C(N)=Nc1ccc(Oc2ccccc2)c(C)c1. The first kappa shape index (κ1) is 23.7. The number of rotatable bonds is 6. The number of aliphatic imine (C=N–C) groups is 2. The fourth-order valence-electron chi connectivity index (χ4n) is 4.67. The molecule has 2 atom stereocenters. The molecule has 5 rings (SSSR count). The smallest absolute Gasteiger partial charge is 0.293 e. The fourth-order valence-corrected chi connectivity index (χ4v) is 4.67. The number of anilines is 1. The number of nitrogens with zero attached hydrogens (tertiary/aromatic N) is 4. The molecule has 0 saturated carbocycles. The van der Waals surface area contributed by atoms with Crippen LogP contribution in [0.1, 0.15) is 11.1 Å². The van der Waals surface area contributed by atoms with Gasteiger partial charge in [0, 0.05) is 38.4 Å². The van der Waals surface area contributed by atoms with Crippen LogP contribution in [0.3, 0.4) is 0 Å². The van der Waals surface area contributed by atoms with Crippen molar-refractivity contribution in [2.45, 2.75) is 19.1 Å². The third kappa shape index (κ3) is 4.85. The summed E-state index contributed by atoms with van der Waals surface area (Å²) in [5, 5.41) is 3.20. The molecule has 0 spiro atoms. The van der Waals surface area contributed by atoms with E-state index in [-0.39, 0.29) is 6.10 Å². The van der Waals surface area contributed by atoms with Crippen molar-refractivity contribution in [3.8, 4) is 11.5 Å². The number of ether oxygens (including phenoxy) is 2. The molecule has 0 amide bonds. The second kappa shape index (κ2) is 9.91. The van der Waals surface area contributed by atoms with Crippen molar-refractivity contribution in [3.05, 3.63) is 77.9 Å². The Hall–Kier alpha value is -4.04. The molecule has 0 bridgehead atoms. The van der Waals surface area contributed by atoms with Crippen LogP contribution in [0.15, 0.2) is 76.7 Å². The summed E-state index contributed by atoms with van der Waals surface area (Å²) < 4.78 is 12.1. The lowest BCUT2D eigenvalue weighted by Crippen LogP contribution is -2.34. The summed E-state index contributed by atoms with van der Waals surface area (Å²) in [7, 11) is 6.01. The van der Waals surface area contributed by atoms with Crippen molar-refractivity contribution in [1.82, 2.24) is 9.80 Å². The number of nitrogens with two attached hydrogens (primary N) is 1. The van der Waals surface area contributed by atoms with Gasteiger partial charge in [-0.15, -0.1) is 0 Å². The van der Waals surface area contributed by atoms with Gasteiger partial charge >= 0.3 is 0 Å². The van der Waals surface area contributed by atoms with Crippen molar-refractivity contribution >= 4 is 28.9 Å². The minimum absolute atomic E-state index is 0.151. The Balaban J connectivity index is 1.38. The molecule has 3 N–H and O–H groups in total. The molecule has 3 aromatic rings. The monoisotopic (exact) mass is 484 g/mol. The van der Waals surface area contributed by atoms with E-state index in [0.29, 0.717) is 17.9 Å². The molecule has 0 aromatic heterocycles. The third-order valence-corrected chi connectivity index (χ3v) is 6.63. The summed E-state index contributed by atoms with van der Waals surface area (Å²) in [4.78, 5) is 13.9. The summed E-state index contributed by atoms with van der Waals surface area (Å²) >= 11 is 0. The van der Waals surface area contributed by atoms with E-state index >= 15 is 0 Å². The summed E-state index contributed by atoms with van der Waals surface area (Å²) in [6.45, 7) is 3.87. The zero-order valence-electron chi connectivity index (χ0n) is 21.1. The van der Waals surface area contributed by atoms with Crippen LogP contribution in [0.2, 0.25) is 0 Å². The van der Waals surface area contributed by atoms with Crippen LogP contribution < -0.4 is 15.8 Å². The Labute approximate surface area is 212 Å². The zero-order valence-corrected chi connectivity index (χ0v) is 21.1. The minimum Gasteiger partial charge on any atom is -0.458 e. The van der Waals surface area contributed by atoms with Crippen molar-refractivity contribution < 1.29 is 9.47 Å². The summed E-state index contributed by atoms with van der Waals surface area (Å²) in [5.74, 6) is 1.97. The van der Waals surface area contributed by atoms with E-state index in [2.05, 4.69) is 22.2 Å². The van der Waals surface area contributed by atoms with Crippen molar-refractivity contribution in [2.75, 3.05) is 39.5 Å². The van der Waals surface area contributed by atoms with E-state index in [0.717, 1.165) is 52.8 Å². The molecule has 8 nitrogen and oxygen atoms in total. The number of hydrogen-bond donors (Lipinski definition) is 2.